The van der Waals surface area contributed by atoms with Gasteiger partial charge < -0.3 is 15.7 Å². The standard InChI is InChI=1S/C17H15ClFN5O3S.ClH/c18-11-7-23(5-8(11)4-20)15-12(19)3-9-13(25)10(16(26)27)6-24(14(9)22-15)17-21-1-2-28-17;/h1-3,6,8,11H,4-5,7,20H2,(H,26,27);1H/t8?,11-;/m1./s1. The summed E-state index contributed by atoms with van der Waals surface area (Å²) in [4.78, 5) is 34.2. The molecule has 1 aliphatic heterocycles. The molecular formula is C17H16Cl2FN5O3S. The van der Waals surface area contributed by atoms with Crippen LogP contribution in [0.15, 0.2) is 28.6 Å². The molecule has 1 aliphatic rings. The highest BCUT2D eigenvalue weighted by atomic mass is 35.5. The third kappa shape index (κ3) is 3.68. The Bertz CT molecular complexity index is 1120. The molecule has 0 amide bonds. The summed E-state index contributed by atoms with van der Waals surface area (Å²) in [6, 6.07) is 1.02. The number of hydrogen-bond donors (Lipinski definition) is 2. The molecule has 154 valence electrons. The van der Waals surface area contributed by atoms with Crippen molar-refractivity contribution >= 4 is 58.2 Å². The number of pyridine rings is 2. The van der Waals surface area contributed by atoms with E-state index in [1.807, 2.05) is 0 Å². The molecule has 2 atom stereocenters. The summed E-state index contributed by atoms with van der Waals surface area (Å²) in [6.07, 6.45) is 2.71. The number of nitrogens with zero attached hydrogens (tertiary/aromatic N) is 4. The van der Waals surface area contributed by atoms with Crippen LogP contribution in [0, 0.1) is 11.7 Å². The highest BCUT2D eigenvalue weighted by Gasteiger charge is 2.33. The van der Waals surface area contributed by atoms with Gasteiger partial charge in [0.1, 0.15) is 5.56 Å². The van der Waals surface area contributed by atoms with Crippen LogP contribution in [0.3, 0.4) is 0 Å². The van der Waals surface area contributed by atoms with Crippen LogP contribution in [-0.4, -0.2) is 50.6 Å². The number of fused-ring (bicyclic) bond motifs is 1. The van der Waals surface area contributed by atoms with Gasteiger partial charge in [-0.1, -0.05) is 0 Å². The first-order valence-corrected chi connectivity index (χ1v) is 9.70. The second kappa shape index (κ2) is 8.23. The van der Waals surface area contributed by atoms with Crippen molar-refractivity contribution in [3.05, 3.63) is 45.4 Å². The Morgan fingerprint density at radius 3 is 2.79 bits per heavy atom. The molecule has 8 nitrogen and oxygen atoms in total. The number of hydrogen-bond acceptors (Lipinski definition) is 7. The van der Waals surface area contributed by atoms with E-state index in [4.69, 9.17) is 17.3 Å². The molecule has 1 saturated heterocycles. The van der Waals surface area contributed by atoms with Gasteiger partial charge in [0, 0.05) is 36.8 Å². The summed E-state index contributed by atoms with van der Waals surface area (Å²) in [6.45, 7) is 1.17. The molecule has 0 saturated carbocycles. The molecule has 0 bridgehead atoms. The average Bonchev–Trinajstić information content (AvgIpc) is 3.31. The Hall–Kier alpha value is -2.27. The second-order valence-electron chi connectivity index (χ2n) is 6.44. The molecule has 0 spiro atoms. The minimum absolute atomic E-state index is 0. The van der Waals surface area contributed by atoms with Crippen LogP contribution in [0.2, 0.25) is 0 Å². The number of carboxylic acid groups (broad SMARTS) is 1. The van der Waals surface area contributed by atoms with Crippen molar-refractivity contribution in [2.75, 3.05) is 24.5 Å². The Balaban J connectivity index is 0.00000240. The van der Waals surface area contributed by atoms with Gasteiger partial charge in [-0.15, -0.1) is 35.3 Å². The van der Waals surface area contributed by atoms with Crippen molar-refractivity contribution in [2.24, 2.45) is 11.7 Å². The van der Waals surface area contributed by atoms with Crippen LogP contribution >= 0.6 is 35.3 Å². The maximum absolute atomic E-state index is 14.8. The summed E-state index contributed by atoms with van der Waals surface area (Å²) >= 11 is 7.52. The molecule has 1 fully saturated rings. The minimum atomic E-state index is -1.41. The predicted octanol–water partition coefficient (Wildman–Crippen LogP) is 2.10. The Kier molecular flexibility index (Phi) is 6.08. The van der Waals surface area contributed by atoms with Gasteiger partial charge in [-0.3, -0.25) is 9.36 Å². The predicted molar refractivity (Wildman–Crippen MR) is 112 cm³/mol. The zero-order valence-electron chi connectivity index (χ0n) is 14.8. The second-order valence-corrected chi connectivity index (χ2v) is 7.88. The molecule has 0 aromatic carbocycles. The normalized spacial score (nSPS) is 18.8. The van der Waals surface area contributed by atoms with Gasteiger partial charge >= 0.3 is 5.97 Å². The Morgan fingerprint density at radius 2 is 2.21 bits per heavy atom. The van der Waals surface area contributed by atoms with Crippen LogP contribution in [-0.2, 0) is 0 Å². The fraction of sp³-hybridized carbons (Fsp3) is 0.294. The van der Waals surface area contributed by atoms with E-state index in [9.17, 15) is 19.1 Å². The topological polar surface area (TPSA) is 114 Å². The van der Waals surface area contributed by atoms with Gasteiger partial charge in [-0.25, -0.2) is 19.2 Å². The number of aromatic carboxylic acids is 1. The number of thiazole rings is 1. The largest absolute Gasteiger partial charge is 0.477 e. The van der Waals surface area contributed by atoms with Crippen molar-refractivity contribution in [2.45, 2.75) is 5.38 Å². The highest BCUT2D eigenvalue weighted by Crippen LogP contribution is 2.29. The van der Waals surface area contributed by atoms with E-state index in [1.54, 1.807) is 16.5 Å². The lowest BCUT2D eigenvalue weighted by molar-refractivity contribution is 0.0695. The SMILES string of the molecule is Cl.NCC1CN(c2nc3c(cc2F)c(=O)c(C(=O)O)cn3-c2nccs2)C[C@H]1Cl. The smallest absolute Gasteiger partial charge is 0.341 e. The Morgan fingerprint density at radius 1 is 1.45 bits per heavy atom. The molecule has 29 heavy (non-hydrogen) atoms. The van der Waals surface area contributed by atoms with Crippen LogP contribution in [0.4, 0.5) is 10.2 Å². The van der Waals surface area contributed by atoms with Crippen LogP contribution in [0.25, 0.3) is 16.2 Å². The third-order valence-corrected chi connectivity index (χ3v) is 6.00. The van der Waals surface area contributed by atoms with Gasteiger partial charge in [-0.2, -0.15) is 0 Å². The van der Waals surface area contributed by atoms with Gasteiger partial charge in [0.15, 0.2) is 22.4 Å². The van der Waals surface area contributed by atoms with Crippen LogP contribution < -0.4 is 16.1 Å². The monoisotopic (exact) mass is 459 g/mol. The van der Waals surface area contributed by atoms with E-state index in [1.165, 1.54) is 15.9 Å². The number of carbonyl (C=O) groups is 1. The first kappa shape index (κ1) is 21.4. The van der Waals surface area contributed by atoms with Gasteiger partial charge in [-0.05, 0) is 12.6 Å². The van der Waals surface area contributed by atoms with Gasteiger partial charge in [0.05, 0.1) is 10.8 Å². The summed E-state index contributed by atoms with van der Waals surface area (Å²) < 4.78 is 16.2. The summed E-state index contributed by atoms with van der Waals surface area (Å²) in [5.41, 5.74) is 4.56. The van der Waals surface area contributed by atoms with E-state index >= 15 is 0 Å². The molecule has 4 heterocycles. The lowest BCUT2D eigenvalue weighted by Gasteiger charge is -2.19. The number of rotatable bonds is 4. The molecular weight excluding hydrogens is 444 g/mol. The molecule has 0 radical (unpaired) electrons. The highest BCUT2D eigenvalue weighted by molar-refractivity contribution is 7.12. The third-order valence-electron chi connectivity index (χ3n) is 4.73. The van der Waals surface area contributed by atoms with E-state index < -0.39 is 22.8 Å². The summed E-state index contributed by atoms with van der Waals surface area (Å²) in [7, 11) is 0. The zero-order valence-corrected chi connectivity index (χ0v) is 17.2. The first-order chi connectivity index (χ1) is 13.4. The molecule has 3 aromatic rings. The van der Waals surface area contributed by atoms with E-state index in [0.29, 0.717) is 24.8 Å². The quantitative estimate of drug-likeness (QED) is 0.574. The molecule has 4 rings (SSSR count). The zero-order chi connectivity index (χ0) is 20.0. The first-order valence-electron chi connectivity index (χ1n) is 8.39. The van der Waals surface area contributed by atoms with E-state index in [0.717, 1.165) is 12.3 Å². The molecule has 3 aromatic heterocycles. The number of aromatic nitrogens is 3. The lowest BCUT2D eigenvalue weighted by atomic mass is 10.1. The number of alkyl halides is 1. The molecule has 12 heteroatoms. The van der Waals surface area contributed by atoms with Crippen molar-refractivity contribution < 1.29 is 14.3 Å². The molecule has 3 N–H and O–H groups in total. The number of anilines is 1. The molecule has 1 unspecified atom stereocenters. The number of nitrogens with two attached hydrogens (primary N) is 1. The fourth-order valence-corrected chi connectivity index (χ4v) is 4.26. The number of carboxylic acids is 1. The van der Waals surface area contributed by atoms with Crippen molar-refractivity contribution in [3.8, 4) is 5.13 Å². The summed E-state index contributed by atoms with van der Waals surface area (Å²) in [5.74, 6) is -2.09. The maximum Gasteiger partial charge on any atom is 0.341 e. The average molecular weight is 460 g/mol. The summed E-state index contributed by atoms with van der Waals surface area (Å²) in [5, 5.41) is 11.1. The number of halogens is 3. The van der Waals surface area contributed by atoms with Gasteiger partial charge in [0.25, 0.3) is 0 Å². The van der Waals surface area contributed by atoms with E-state index in [2.05, 4.69) is 9.97 Å². The molecule has 0 aliphatic carbocycles. The van der Waals surface area contributed by atoms with E-state index in [-0.39, 0.29) is 40.6 Å². The van der Waals surface area contributed by atoms with Crippen LogP contribution in [0.5, 0.6) is 0 Å². The lowest BCUT2D eigenvalue weighted by Crippen LogP contribution is -2.26. The van der Waals surface area contributed by atoms with Crippen molar-refractivity contribution in [3.63, 3.8) is 0 Å². The van der Waals surface area contributed by atoms with Crippen molar-refractivity contribution in [1.29, 1.82) is 0 Å². The van der Waals surface area contributed by atoms with Crippen LogP contribution in [0.1, 0.15) is 10.4 Å². The maximum atomic E-state index is 14.8. The Labute approximate surface area is 179 Å². The van der Waals surface area contributed by atoms with Gasteiger partial charge in [0.2, 0.25) is 5.43 Å². The van der Waals surface area contributed by atoms with Crippen molar-refractivity contribution in [1.82, 2.24) is 14.5 Å². The minimum Gasteiger partial charge on any atom is -0.477 e. The fourth-order valence-electron chi connectivity index (χ4n) is 3.30.